The van der Waals surface area contributed by atoms with Crippen molar-refractivity contribution in [1.29, 1.82) is 0 Å². The standard InChI is InChI=1S/C32H42N4O6/c1-32(2)36-25-13-12-23(16-22(25)17-26(36)30(39)42-32)34-28(37)27-24(20-6-4-3-5-7-20)14-15-35(27)29(38)21-10-8-19(9-11-21)18-33-31(40)41/h12-13,16-17,19-21,24,27,33H,3-11,14-15,18H2,1-2H3,(H,34,37)(H,40,41)/t19-,21-,24-,27-/m0/s1. The van der Waals surface area contributed by atoms with Gasteiger partial charge in [0.15, 0.2) is 5.72 Å². The maximum Gasteiger partial charge on any atom is 0.404 e. The number of esters is 1. The minimum absolute atomic E-state index is 0.0677. The average Bonchev–Trinajstić information content (AvgIpc) is 3.64. The van der Waals surface area contributed by atoms with Crippen molar-refractivity contribution < 1.29 is 29.0 Å². The summed E-state index contributed by atoms with van der Waals surface area (Å²) in [6, 6.07) is 6.96. The quantitative estimate of drug-likeness (QED) is 0.398. The number of carbonyl (C=O) groups excluding carboxylic acids is 3. The Morgan fingerprint density at radius 3 is 2.45 bits per heavy atom. The molecule has 3 N–H and O–H groups in total. The highest BCUT2D eigenvalue weighted by Gasteiger charge is 2.47. The lowest BCUT2D eigenvalue weighted by atomic mass is 9.76. The van der Waals surface area contributed by atoms with Gasteiger partial charge in [0.25, 0.3) is 0 Å². The molecule has 3 fully saturated rings. The maximum absolute atomic E-state index is 14.0. The fraction of sp³-hybridized carbons (Fsp3) is 0.625. The third kappa shape index (κ3) is 5.36. The summed E-state index contributed by atoms with van der Waals surface area (Å²) in [7, 11) is 0. The van der Waals surface area contributed by atoms with Crippen LogP contribution >= 0.6 is 0 Å². The van der Waals surface area contributed by atoms with Crippen molar-refractivity contribution in [2.24, 2.45) is 23.7 Å². The van der Waals surface area contributed by atoms with Gasteiger partial charge in [-0.2, -0.15) is 0 Å². The number of rotatable bonds is 6. The van der Waals surface area contributed by atoms with Crippen LogP contribution in [0.5, 0.6) is 0 Å². The molecule has 10 nitrogen and oxygen atoms in total. The molecule has 226 valence electrons. The van der Waals surface area contributed by atoms with Crippen LogP contribution < -0.4 is 10.6 Å². The number of likely N-dealkylation sites (tertiary alicyclic amines) is 1. The number of cyclic esters (lactones) is 1. The molecule has 42 heavy (non-hydrogen) atoms. The highest BCUT2D eigenvalue weighted by atomic mass is 16.6. The molecule has 2 atom stereocenters. The molecule has 0 bridgehead atoms. The predicted octanol–water partition coefficient (Wildman–Crippen LogP) is 5.31. The van der Waals surface area contributed by atoms with Crippen LogP contribution in [0.4, 0.5) is 10.5 Å². The van der Waals surface area contributed by atoms with E-state index in [1.807, 2.05) is 41.5 Å². The molecule has 6 rings (SSSR count). The molecule has 1 saturated heterocycles. The molecular formula is C32H42N4O6. The third-order valence-electron chi connectivity index (χ3n) is 10.1. The van der Waals surface area contributed by atoms with Gasteiger partial charge in [0.05, 0.1) is 5.52 Å². The number of anilines is 1. The van der Waals surface area contributed by atoms with Gasteiger partial charge in [-0.15, -0.1) is 0 Å². The third-order valence-corrected chi connectivity index (χ3v) is 10.1. The van der Waals surface area contributed by atoms with Crippen LogP contribution in [0.15, 0.2) is 24.3 Å². The van der Waals surface area contributed by atoms with Gasteiger partial charge in [-0.3, -0.25) is 14.2 Å². The summed E-state index contributed by atoms with van der Waals surface area (Å²) in [5.74, 6) is 0.271. The molecule has 2 aliphatic carbocycles. The van der Waals surface area contributed by atoms with E-state index in [0.717, 1.165) is 55.8 Å². The molecule has 2 aliphatic heterocycles. The van der Waals surface area contributed by atoms with E-state index in [4.69, 9.17) is 9.84 Å². The highest BCUT2D eigenvalue weighted by Crippen LogP contribution is 2.41. The topological polar surface area (TPSA) is 130 Å². The molecule has 1 aromatic carbocycles. The Balaban J connectivity index is 1.20. The predicted molar refractivity (Wildman–Crippen MR) is 157 cm³/mol. The van der Waals surface area contributed by atoms with Gasteiger partial charge in [-0.1, -0.05) is 32.1 Å². The number of amides is 3. The number of nitrogens with one attached hydrogen (secondary N) is 2. The Morgan fingerprint density at radius 1 is 1.00 bits per heavy atom. The Labute approximate surface area is 246 Å². The van der Waals surface area contributed by atoms with E-state index >= 15 is 0 Å². The van der Waals surface area contributed by atoms with E-state index < -0.39 is 17.9 Å². The van der Waals surface area contributed by atoms with E-state index in [2.05, 4.69) is 10.6 Å². The van der Waals surface area contributed by atoms with Crippen molar-refractivity contribution in [3.8, 4) is 0 Å². The van der Waals surface area contributed by atoms with Crippen LogP contribution in [0.1, 0.15) is 88.5 Å². The Morgan fingerprint density at radius 2 is 1.74 bits per heavy atom. The summed E-state index contributed by atoms with van der Waals surface area (Å²) >= 11 is 0. The monoisotopic (exact) mass is 578 g/mol. The number of hydrogen-bond acceptors (Lipinski definition) is 5. The molecule has 4 aliphatic rings. The lowest BCUT2D eigenvalue weighted by molar-refractivity contribution is -0.142. The molecule has 0 unspecified atom stereocenters. The summed E-state index contributed by atoms with van der Waals surface area (Å²) in [6.07, 6.45) is 8.66. The second-order valence-corrected chi connectivity index (χ2v) is 13.2. The SMILES string of the molecule is CC1(C)OC(=O)c2cc3cc(NC(=O)[C@@H]4[C@H](C5CCCCC5)CCN4C(=O)[C@H]4CC[C@H](CNC(=O)O)CC4)ccc3n21. The summed E-state index contributed by atoms with van der Waals surface area (Å²) in [6.45, 7) is 4.73. The summed E-state index contributed by atoms with van der Waals surface area (Å²) < 4.78 is 7.39. The van der Waals surface area contributed by atoms with Crippen LogP contribution in [0, 0.1) is 23.7 Å². The number of fused-ring (bicyclic) bond motifs is 3. The zero-order valence-electron chi connectivity index (χ0n) is 24.6. The fourth-order valence-corrected chi connectivity index (χ4v) is 8.10. The first-order valence-electron chi connectivity index (χ1n) is 15.6. The molecule has 1 aromatic heterocycles. The number of nitrogens with zero attached hydrogens (tertiary/aromatic N) is 2. The van der Waals surface area contributed by atoms with E-state index in [1.165, 1.54) is 19.3 Å². The average molecular weight is 579 g/mol. The van der Waals surface area contributed by atoms with Gasteiger partial charge in [-0.05, 0) is 88.0 Å². The van der Waals surface area contributed by atoms with Crippen molar-refractivity contribution in [3.05, 3.63) is 30.0 Å². The van der Waals surface area contributed by atoms with Gasteiger partial charge in [0.1, 0.15) is 11.7 Å². The first kappa shape index (κ1) is 28.6. The van der Waals surface area contributed by atoms with Crippen molar-refractivity contribution in [2.45, 2.75) is 89.8 Å². The minimum atomic E-state index is -1.01. The highest BCUT2D eigenvalue weighted by molar-refractivity contribution is 6.02. The van der Waals surface area contributed by atoms with E-state index in [0.29, 0.717) is 30.4 Å². The van der Waals surface area contributed by atoms with Crippen LogP contribution in [0.25, 0.3) is 10.9 Å². The smallest absolute Gasteiger partial charge is 0.404 e. The van der Waals surface area contributed by atoms with Crippen molar-refractivity contribution in [1.82, 2.24) is 14.8 Å². The zero-order valence-corrected chi connectivity index (χ0v) is 24.6. The minimum Gasteiger partial charge on any atom is -0.465 e. The molecule has 10 heteroatoms. The molecule has 0 spiro atoms. The number of hydrogen-bond donors (Lipinski definition) is 3. The number of benzene rings is 1. The molecule has 0 radical (unpaired) electrons. The van der Waals surface area contributed by atoms with Gasteiger partial charge >= 0.3 is 12.1 Å². The van der Waals surface area contributed by atoms with E-state index in [-0.39, 0.29) is 35.5 Å². The van der Waals surface area contributed by atoms with Crippen LogP contribution in [-0.4, -0.2) is 57.6 Å². The van der Waals surface area contributed by atoms with Crippen molar-refractivity contribution in [2.75, 3.05) is 18.4 Å². The number of carboxylic acid groups (broad SMARTS) is 1. The normalized spacial score (nSPS) is 27.5. The Kier molecular flexibility index (Phi) is 7.66. The Bertz CT molecular complexity index is 1380. The molecule has 2 aromatic rings. The first-order valence-corrected chi connectivity index (χ1v) is 15.6. The lowest BCUT2D eigenvalue weighted by Gasteiger charge is -2.36. The second kappa shape index (κ2) is 11.3. The fourth-order valence-electron chi connectivity index (χ4n) is 8.10. The van der Waals surface area contributed by atoms with Crippen LogP contribution in [-0.2, 0) is 20.1 Å². The van der Waals surface area contributed by atoms with Gasteiger partial charge in [-0.25, -0.2) is 9.59 Å². The van der Waals surface area contributed by atoms with Gasteiger partial charge < -0.3 is 25.4 Å². The zero-order chi connectivity index (χ0) is 29.6. The number of carbonyl (C=O) groups is 4. The molecular weight excluding hydrogens is 536 g/mol. The maximum atomic E-state index is 14.0. The molecule has 2 saturated carbocycles. The molecule has 3 amide bonds. The van der Waals surface area contributed by atoms with Crippen LogP contribution in [0.2, 0.25) is 0 Å². The lowest BCUT2D eigenvalue weighted by Crippen LogP contribution is -2.49. The first-order chi connectivity index (χ1) is 20.1. The van der Waals surface area contributed by atoms with E-state index in [9.17, 15) is 19.2 Å². The van der Waals surface area contributed by atoms with Gasteiger partial charge in [0.2, 0.25) is 11.8 Å². The second-order valence-electron chi connectivity index (χ2n) is 13.2. The molecule has 3 heterocycles. The largest absolute Gasteiger partial charge is 0.465 e. The van der Waals surface area contributed by atoms with Crippen molar-refractivity contribution >= 4 is 40.5 Å². The summed E-state index contributed by atoms with van der Waals surface area (Å²) in [5, 5.41) is 15.4. The number of aromatic nitrogens is 1. The Hall–Kier alpha value is -3.56. The van der Waals surface area contributed by atoms with Crippen molar-refractivity contribution in [3.63, 3.8) is 0 Å². The van der Waals surface area contributed by atoms with Crippen LogP contribution in [0.3, 0.4) is 0 Å². The van der Waals surface area contributed by atoms with Gasteiger partial charge in [0, 0.05) is 30.1 Å². The number of ether oxygens (including phenoxy) is 1. The summed E-state index contributed by atoms with van der Waals surface area (Å²) in [5.41, 5.74) is 1.24. The summed E-state index contributed by atoms with van der Waals surface area (Å²) in [4.78, 5) is 53.1. The van der Waals surface area contributed by atoms with E-state index in [1.54, 1.807) is 6.07 Å².